The molecule has 0 spiro atoms. The van der Waals surface area contributed by atoms with Gasteiger partial charge in [-0.05, 0) is 6.92 Å². The van der Waals surface area contributed by atoms with Gasteiger partial charge in [0.05, 0.1) is 18.8 Å². The summed E-state index contributed by atoms with van der Waals surface area (Å²) in [6.45, 7) is 2.25. The van der Waals surface area contributed by atoms with Crippen LogP contribution in [0.4, 0.5) is 0 Å². The summed E-state index contributed by atoms with van der Waals surface area (Å²) < 4.78 is 16.0. The summed E-state index contributed by atoms with van der Waals surface area (Å²) in [6.07, 6.45) is -9.01. The monoisotopic (exact) mass is 351 g/mol. The lowest BCUT2D eigenvalue weighted by molar-refractivity contribution is -0.322. The Morgan fingerprint density at radius 1 is 1.21 bits per heavy atom. The Kier molecular flexibility index (Phi) is 6.51. The van der Waals surface area contributed by atoms with Gasteiger partial charge in [0.2, 0.25) is 5.91 Å². The topological polar surface area (TPSA) is 158 Å². The number of hydrogen-bond acceptors (Lipinski definition) is 9. The minimum atomic E-state index is -1.52. The summed E-state index contributed by atoms with van der Waals surface area (Å²) >= 11 is 0. The molecule has 1 amide bonds. The molecule has 0 aromatic carbocycles. The molecule has 0 aromatic heterocycles. The second-order valence-corrected chi connectivity index (χ2v) is 6.15. The van der Waals surface area contributed by atoms with Gasteiger partial charge in [-0.2, -0.15) is 0 Å². The third-order valence-electron chi connectivity index (χ3n) is 4.22. The van der Waals surface area contributed by atoms with Gasteiger partial charge >= 0.3 is 0 Å². The van der Waals surface area contributed by atoms with E-state index in [1.807, 2.05) is 0 Å². The molecule has 0 unspecified atom stereocenters. The minimum absolute atomic E-state index is 0.0158. The Balaban J connectivity index is 2.16. The fourth-order valence-corrected chi connectivity index (χ4v) is 2.86. The largest absolute Gasteiger partial charge is 0.394 e. The normalized spacial score (nSPS) is 46.5. The van der Waals surface area contributed by atoms with Crippen LogP contribution in [0.25, 0.3) is 0 Å². The third-order valence-corrected chi connectivity index (χ3v) is 4.22. The number of carbonyl (C=O) groups excluding carboxylic acids is 1. The van der Waals surface area contributed by atoms with Crippen molar-refractivity contribution in [2.45, 2.75) is 75.5 Å². The molecule has 0 aromatic rings. The minimum Gasteiger partial charge on any atom is -0.394 e. The van der Waals surface area contributed by atoms with Crippen molar-refractivity contribution < 1.29 is 44.5 Å². The van der Waals surface area contributed by atoms with Crippen LogP contribution in [0.3, 0.4) is 0 Å². The highest BCUT2D eigenvalue weighted by Gasteiger charge is 2.48. The molecular weight excluding hydrogens is 326 g/mol. The summed E-state index contributed by atoms with van der Waals surface area (Å²) in [5, 5.41) is 51.7. The number of aliphatic hydroxyl groups excluding tert-OH is 5. The van der Waals surface area contributed by atoms with Gasteiger partial charge in [-0.3, -0.25) is 4.79 Å². The molecule has 140 valence electrons. The van der Waals surface area contributed by atoms with Crippen LogP contribution in [-0.2, 0) is 19.0 Å². The average Bonchev–Trinajstić information content (AvgIpc) is 2.50. The second-order valence-electron chi connectivity index (χ2n) is 6.15. The van der Waals surface area contributed by atoms with Crippen LogP contribution < -0.4 is 5.32 Å². The highest BCUT2D eigenvalue weighted by molar-refractivity contribution is 5.73. The zero-order chi connectivity index (χ0) is 18.0. The summed E-state index contributed by atoms with van der Waals surface area (Å²) in [5.41, 5.74) is 0. The Hall–Kier alpha value is -0.850. The van der Waals surface area contributed by atoms with E-state index in [-0.39, 0.29) is 6.42 Å². The SMILES string of the molecule is CC(=O)N[C@@H]1[C@@H](O[C@@H]2O[C@H](C)[C@@H](O)C[C@@H]2O)[C@@H](O)[C@@H](CO)O[C@H]1O. The van der Waals surface area contributed by atoms with E-state index in [4.69, 9.17) is 14.2 Å². The summed E-state index contributed by atoms with van der Waals surface area (Å²) in [5.74, 6) is -0.486. The zero-order valence-electron chi connectivity index (χ0n) is 13.5. The predicted octanol–water partition coefficient (Wildman–Crippen LogP) is -3.20. The van der Waals surface area contributed by atoms with E-state index in [0.717, 1.165) is 0 Å². The second kappa shape index (κ2) is 8.02. The fraction of sp³-hybridized carbons (Fsp3) is 0.929. The van der Waals surface area contributed by atoms with Crippen LogP contribution in [0.2, 0.25) is 0 Å². The molecule has 24 heavy (non-hydrogen) atoms. The van der Waals surface area contributed by atoms with Gasteiger partial charge in [-0.25, -0.2) is 0 Å². The van der Waals surface area contributed by atoms with E-state index in [9.17, 15) is 30.3 Å². The highest BCUT2D eigenvalue weighted by Crippen LogP contribution is 2.28. The van der Waals surface area contributed by atoms with Crippen molar-refractivity contribution >= 4 is 5.91 Å². The lowest BCUT2D eigenvalue weighted by atomic mass is 9.96. The van der Waals surface area contributed by atoms with Crippen LogP contribution >= 0.6 is 0 Å². The number of carbonyl (C=O) groups is 1. The van der Waals surface area contributed by atoms with Gasteiger partial charge in [0.25, 0.3) is 0 Å². The summed E-state index contributed by atoms with van der Waals surface area (Å²) in [4.78, 5) is 11.3. The van der Waals surface area contributed by atoms with Crippen molar-refractivity contribution in [1.82, 2.24) is 5.32 Å². The molecule has 2 fully saturated rings. The van der Waals surface area contributed by atoms with Gasteiger partial charge in [0.1, 0.15) is 30.5 Å². The molecule has 0 saturated carbocycles. The Bertz CT molecular complexity index is 436. The number of nitrogens with one attached hydrogen (secondary N) is 1. The Morgan fingerprint density at radius 3 is 2.46 bits per heavy atom. The predicted molar refractivity (Wildman–Crippen MR) is 77.4 cm³/mol. The molecule has 6 N–H and O–H groups in total. The first kappa shape index (κ1) is 19.5. The molecule has 2 heterocycles. The van der Waals surface area contributed by atoms with Crippen molar-refractivity contribution in [3.8, 4) is 0 Å². The molecule has 9 atom stereocenters. The first-order valence-electron chi connectivity index (χ1n) is 7.81. The lowest BCUT2D eigenvalue weighted by Gasteiger charge is -2.45. The molecule has 10 nitrogen and oxygen atoms in total. The molecule has 10 heteroatoms. The van der Waals surface area contributed by atoms with Gasteiger partial charge in [0.15, 0.2) is 12.6 Å². The molecule has 2 rings (SSSR count). The maximum Gasteiger partial charge on any atom is 0.217 e. The summed E-state index contributed by atoms with van der Waals surface area (Å²) in [7, 11) is 0. The molecule has 0 aliphatic carbocycles. The van der Waals surface area contributed by atoms with E-state index in [1.165, 1.54) is 6.92 Å². The van der Waals surface area contributed by atoms with Gasteiger partial charge < -0.3 is 45.1 Å². The third kappa shape index (κ3) is 4.21. The molecule has 0 bridgehead atoms. The smallest absolute Gasteiger partial charge is 0.217 e. The molecule has 2 aliphatic heterocycles. The van der Waals surface area contributed by atoms with E-state index in [1.54, 1.807) is 6.92 Å². The first-order chi connectivity index (χ1) is 11.2. The number of hydrogen-bond donors (Lipinski definition) is 6. The first-order valence-corrected chi connectivity index (χ1v) is 7.81. The molecule has 2 aliphatic rings. The average molecular weight is 351 g/mol. The van der Waals surface area contributed by atoms with Crippen molar-refractivity contribution in [3.05, 3.63) is 0 Å². The van der Waals surface area contributed by atoms with Crippen LogP contribution in [0.1, 0.15) is 20.3 Å². The number of amides is 1. The zero-order valence-corrected chi connectivity index (χ0v) is 13.5. The van der Waals surface area contributed by atoms with Crippen molar-refractivity contribution in [3.63, 3.8) is 0 Å². The lowest BCUT2D eigenvalue weighted by Crippen LogP contribution is -2.66. The standard InChI is InChI=1S/C14H25NO9/c1-5-7(18)3-8(19)14(22-5)24-12-10(15-6(2)17)13(21)23-9(4-16)11(12)20/h5,7-14,16,18-21H,3-4H2,1-2H3,(H,15,17)/t5-,7+,8+,9-,10-,11+,12-,13-,14+/m1/s1. The maximum absolute atomic E-state index is 11.3. The number of aliphatic hydroxyl groups is 5. The van der Waals surface area contributed by atoms with Gasteiger partial charge in [-0.1, -0.05) is 0 Å². The Morgan fingerprint density at radius 2 is 1.88 bits per heavy atom. The number of ether oxygens (including phenoxy) is 3. The van der Waals surface area contributed by atoms with E-state index >= 15 is 0 Å². The van der Waals surface area contributed by atoms with Crippen molar-refractivity contribution in [2.75, 3.05) is 6.61 Å². The summed E-state index contributed by atoms with van der Waals surface area (Å²) in [6, 6.07) is -1.13. The van der Waals surface area contributed by atoms with E-state index in [2.05, 4.69) is 5.32 Å². The fourth-order valence-electron chi connectivity index (χ4n) is 2.86. The highest BCUT2D eigenvalue weighted by atomic mass is 16.7. The van der Waals surface area contributed by atoms with E-state index in [0.29, 0.717) is 0 Å². The molecular formula is C14H25NO9. The Labute approximate surface area is 138 Å². The maximum atomic E-state index is 11.3. The van der Waals surface area contributed by atoms with Crippen LogP contribution in [0, 0.1) is 0 Å². The number of rotatable bonds is 4. The van der Waals surface area contributed by atoms with Gasteiger partial charge in [-0.15, -0.1) is 0 Å². The van der Waals surface area contributed by atoms with Crippen molar-refractivity contribution in [2.24, 2.45) is 0 Å². The van der Waals surface area contributed by atoms with E-state index < -0.39 is 67.8 Å². The molecule has 2 saturated heterocycles. The van der Waals surface area contributed by atoms with Crippen LogP contribution in [0.15, 0.2) is 0 Å². The van der Waals surface area contributed by atoms with Gasteiger partial charge in [0, 0.05) is 13.3 Å². The van der Waals surface area contributed by atoms with Crippen molar-refractivity contribution in [1.29, 1.82) is 0 Å². The van der Waals surface area contributed by atoms with Crippen LogP contribution in [-0.4, -0.2) is 93.3 Å². The quantitative estimate of drug-likeness (QED) is 0.307. The van der Waals surface area contributed by atoms with Crippen LogP contribution in [0.5, 0.6) is 0 Å². The molecule has 0 radical (unpaired) electrons.